The molecule has 1 amide bonds. The number of carbonyl (C=O) groups excluding carboxylic acids is 1. The molecule has 0 aromatic rings. The second-order valence-corrected chi connectivity index (χ2v) is 6.68. The van der Waals surface area contributed by atoms with Crippen LogP contribution in [0.5, 0.6) is 0 Å². The minimum atomic E-state index is -1.09. The fraction of sp³-hybridized carbons (Fsp3) is 0.846. The quantitative estimate of drug-likeness (QED) is 0.784. The van der Waals surface area contributed by atoms with Gasteiger partial charge in [0.05, 0.1) is 0 Å². The molecule has 0 aromatic heterocycles. The Morgan fingerprint density at radius 1 is 1.33 bits per heavy atom. The van der Waals surface area contributed by atoms with E-state index in [0.29, 0.717) is 18.8 Å². The third-order valence-corrected chi connectivity index (χ3v) is 3.73. The van der Waals surface area contributed by atoms with E-state index in [1.807, 2.05) is 20.8 Å². The average molecular weight is 255 g/mol. The zero-order valence-corrected chi connectivity index (χ0v) is 11.1. The normalized spacial score (nSPS) is 32.0. The maximum Gasteiger partial charge on any atom is 0.326 e. The van der Waals surface area contributed by atoms with Gasteiger partial charge in [-0.3, -0.25) is 4.79 Å². The summed E-state index contributed by atoms with van der Waals surface area (Å²) in [6.45, 7) is 5.84. The highest BCUT2D eigenvalue weighted by Crippen LogP contribution is 2.48. The predicted molar refractivity (Wildman–Crippen MR) is 64.9 cm³/mol. The summed E-state index contributed by atoms with van der Waals surface area (Å²) >= 11 is 0. The molecule has 0 aromatic carbocycles. The molecule has 1 aliphatic carbocycles. The minimum Gasteiger partial charge on any atom is -0.480 e. The molecule has 18 heavy (non-hydrogen) atoms. The highest BCUT2D eigenvalue weighted by Gasteiger charge is 2.57. The van der Waals surface area contributed by atoms with Gasteiger partial charge in [0, 0.05) is 6.04 Å². The van der Waals surface area contributed by atoms with E-state index in [-0.39, 0.29) is 11.5 Å². The number of hydrogen-bond donors (Lipinski definition) is 2. The van der Waals surface area contributed by atoms with Gasteiger partial charge in [0.25, 0.3) is 5.91 Å². The molecule has 0 spiro atoms. The standard InChI is InChI=1S/C13H21NO4/c1-13(2,3)6-10(15)11(16)14-8-4-7(8)5-9(14)12(17)18/h7-10,15H,4-6H2,1-3H3,(H,17,18)/t7-,8-,9-,10+/m0/s1. The van der Waals surface area contributed by atoms with Crippen LogP contribution in [0, 0.1) is 11.3 Å². The van der Waals surface area contributed by atoms with E-state index in [9.17, 15) is 14.7 Å². The number of hydrogen-bond acceptors (Lipinski definition) is 3. The van der Waals surface area contributed by atoms with Gasteiger partial charge in [-0.15, -0.1) is 0 Å². The Morgan fingerprint density at radius 3 is 2.44 bits per heavy atom. The molecule has 5 heteroatoms. The first kappa shape index (κ1) is 13.3. The number of rotatable bonds is 3. The number of fused-ring (bicyclic) bond motifs is 1. The van der Waals surface area contributed by atoms with Crippen molar-refractivity contribution in [3.63, 3.8) is 0 Å². The van der Waals surface area contributed by atoms with Gasteiger partial charge in [-0.2, -0.15) is 0 Å². The van der Waals surface area contributed by atoms with Crippen LogP contribution in [0.1, 0.15) is 40.0 Å². The van der Waals surface area contributed by atoms with Crippen LogP contribution >= 0.6 is 0 Å². The predicted octanol–water partition coefficient (Wildman–Crippen LogP) is 0.857. The summed E-state index contributed by atoms with van der Waals surface area (Å²) in [5.74, 6) is -1.04. The maximum atomic E-state index is 12.2. The van der Waals surface area contributed by atoms with Crippen LogP contribution < -0.4 is 0 Å². The fourth-order valence-electron chi connectivity index (χ4n) is 2.83. The maximum absolute atomic E-state index is 12.2. The molecule has 2 rings (SSSR count). The molecule has 2 aliphatic rings. The number of carboxylic acid groups (broad SMARTS) is 1. The highest BCUT2D eigenvalue weighted by atomic mass is 16.4. The Hall–Kier alpha value is -1.10. The van der Waals surface area contributed by atoms with Crippen LogP contribution in [0.3, 0.4) is 0 Å². The van der Waals surface area contributed by atoms with Crippen LogP contribution in [0.4, 0.5) is 0 Å². The summed E-state index contributed by atoms with van der Waals surface area (Å²) in [4.78, 5) is 24.7. The van der Waals surface area contributed by atoms with Gasteiger partial charge in [0.2, 0.25) is 0 Å². The van der Waals surface area contributed by atoms with E-state index < -0.39 is 24.0 Å². The van der Waals surface area contributed by atoms with Crippen molar-refractivity contribution >= 4 is 11.9 Å². The molecule has 2 N–H and O–H groups in total. The number of aliphatic hydroxyl groups excluding tert-OH is 1. The molecule has 102 valence electrons. The van der Waals surface area contributed by atoms with Crippen LogP contribution in [0.25, 0.3) is 0 Å². The summed E-state index contributed by atoms with van der Waals surface area (Å²) in [6.07, 6.45) is 0.684. The number of carboxylic acids is 1. The van der Waals surface area contributed by atoms with Crippen molar-refractivity contribution in [3.05, 3.63) is 0 Å². The molecule has 4 atom stereocenters. The average Bonchev–Trinajstić information content (AvgIpc) is 2.86. The van der Waals surface area contributed by atoms with E-state index >= 15 is 0 Å². The minimum absolute atomic E-state index is 0.0493. The molecule has 0 radical (unpaired) electrons. The Kier molecular flexibility index (Phi) is 3.13. The summed E-state index contributed by atoms with van der Waals surface area (Å²) in [6, 6.07) is -0.691. The SMILES string of the molecule is CC(C)(C)C[C@@H](O)C(=O)N1[C@H](C(=O)O)C[C@@H]2C[C@@H]21. The van der Waals surface area contributed by atoms with Gasteiger partial charge in [-0.05, 0) is 30.6 Å². The molecule has 1 aliphatic heterocycles. The van der Waals surface area contributed by atoms with Crippen molar-refractivity contribution < 1.29 is 19.8 Å². The van der Waals surface area contributed by atoms with Crippen molar-refractivity contribution in [1.82, 2.24) is 4.90 Å². The smallest absolute Gasteiger partial charge is 0.326 e. The number of piperidine rings is 1. The lowest BCUT2D eigenvalue weighted by molar-refractivity contribution is -0.154. The molecule has 0 bridgehead atoms. The zero-order valence-electron chi connectivity index (χ0n) is 11.1. The van der Waals surface area contributed by atoms with Crippen LogP contribution in [-0.2, 0) is 9.59 Å². The van der Waals surface area contributed by atoms with Crippen molar-refractivity contribution in [3.8, 4) is 0 Å². The Bertz CT molecular complexity index is 374. The second-order valence-electron chi connectivity index (χ2n) is 6.68. The topological polar surface area (TPSA) is 77.8 Å². The molecule has 2 fully saturated rings. The summed E-state index contributed by atoms with van der Waals surface area (Å²) in [5.41, 5.74) is -0.156. The van der Waals surface area contributed by atoms with Crippen molar-refractivity contribution in [2.24, 2.45) is 11.3 Å². The van der Waals surface area contributed by atoms with Gasteiger partial charge < -0.3 is 15.1 Å². The number of amides is 1. The van der Waals surface area contributed by atoms with Gasteiger partial charge in [-0.25, -0.2) is 4.79 Å². The van der Waals surface area contributed by atoms with Crippen molar-refractivity contribution in [1.29, 1.82) is 0 Å². The molecule has 0 unspecified atom stereocenters. The third kappa shape index (κ3) is 2.51. The fourth-order valence-corrected chi connectivity index (χ4v) is 2.83. The van der Waals surface area contributed by atoms with Crippen molar-refractivity contribution in [2.75, 3.05) is 0 Å². The monoisotopic (exact) mass is 255 g/mol. The third-order valence-electron chi connectivity index (χ3n) is 3.73. The Labute approximate surface area is 107 Å². The van der Waals surface area contributed by atoms with Crippen molar-refractivity contribution in [2.45, 2.75) is 58.2 Å². The zero-order chi connectivity index (χ0) is 13.7. The van der Waals surface area contributed by atoms with E-state index in [2.05, 4.69) is 0 Å². The number of aliphatic hydroxyl groups is 1. The number of aliphatic carboxylic acids is 1. The van der Waals surface area contributed by atoms with Gasteiger partial charge in [-0.1, -0.05) is 20.8 Å². The lowest BCUT2D eigenvalue weighted by Crippen LogP contribution is -2.48. The van der Waals surface area contributed by atoms with Crippen LogP contribution in [-0.4, -0.2) is 45.2 Å². The summed E-state index contributed by atoms with van der Waals surface area (Å²) < 4.78 is 0. The Balaban J connectivity index is 2.05. The molecule has 5 nitrogen and oxygen atoms in total. The summed E-state index contributed by atoms with van der Waals surface area (Å²) in [5, 5.41) is 19.1. The lowest BCUT2D eigenvalue weighted by atomic mass is 9.88. The molecule has 1 heterocycles. The first-order valence-corrected chi connectivity index (χ1v) is 6.44. The second kappa shape index (κ2) is 4.23. The van der Waals surface area contributed by atoms with E-state index in [1.54, 1.807) is 0 Å². The van der Waals surface area contributed by atoms with E-state index in [4.69, 9.17) is 5.11 Å². The highest BCUT2D eigenvalue weighted by molar-refractivity contribution is 5.87. The van der Waals surface area contributed by atoms with Gasteiger partial charge in [0.15, 0.2) is 0 Å². The van der Waals surface area contributed by atoms with E-state index in [1.165, 1.54) is 4.90 Å². The molecule has 1 saturated carbocycles. The Morgan fingerprint density at radius 2 is 1.94 bits per heavy atom. The number of nitrogens with zero attached hydrogens (tertiary/aromatic N) is 1. The van der Waals surface area contributed by atoms with Crippen LogP contribution in [0.15, 0.2) is 0 Å². The molecule has 1 saturated heterocycles. The lowest BCUT2D eigenvalue weighted by Gasteiger charge is -2.29. The first-order chi connectivity index (χ1) is 8.20. The van der Waals surface area contributed by atoms with E-state index in [0.717, 1.165) is 6.42 Å². The van der Waals surface area contributed by atoms with Gasteiger partial charge in [0.1, 0.15) is 12.1 Å². The number of carbonyl (C=O) groups is 2. The first-order valence-electron chi connectivity index (χ1n) is 6.44. The molecular weight excluding hydrogens is 234 g/mol. The number of likely N-dealkylation sites (tertiary alicyclic amines) is 1. The van der Waals surface area contributed by atoms with Crippen LogP contribution in [0.2, 0.25) is 0 Å². The largest absolute Gasteiger partial charge is 0.480 e. The summed E-state index contributed by atoms with van der Waals surface area (Å²) in [7, 11) is 0. The molecular formula is C13H21NO4. The van der Waals surface area contributed by atoms with Gasteiger partial charge >= 0.3 is 5.97 Å².